The van der Waals surface area contributed by atoms with E-state index < -0.39 is 20.8 Å². The van der Waals surface area contributed by atoms with Gasteiger partial charge in [0.15, 0.2) is 0 Å². The summed E-state index contributed by atoms with van der Waals surface area (Å²) in [6.07, 6.45) is -1.19. The van der Waals surface area contributed by atoms with Gasteiger partial charge in [-0.25, -0.2) is 0 Å². The highest BCUT2D eigenvalue weighted by molar-refractivity contribution is 14.1. The van der Waals surface area contributed by atoms with Crippen LogP contribution in [-0.4, -0.2) is 20.8 Å². The van der Waals surface area contributed by atoms with E-state index in [0.29, 0.717) is 5.56 Å². The predicted molar refractivity (Wildman–Crippen MR) is 107 cm³/mol. The van der Waals surface area contributed by atoms with Crippen LogP contribution in [0.1, 0.15) is 10.4 Å². The lowest BCUT2D eigenvalue weighted by Gasteiger charge is -2.27. The molecule has 0 heterocycles. The van der Waals surface area contributed by atoms with Crippen molar-refractivity contribution in [2.24, 2.45) is 0 Å². The second-order valence-corrected chi connectivity index (χ2v) is 8.49. The van der Waals surface area contributed by atoms with E-state index in [-0.39, 0.29) is 11.4 Å². The van der Waals surface area contributed by atoms with Gasteiger partial charge in [0.25, 0.3) is 11.6 Å². The lowest BCUT2D eigenvalue weighted by molar-refractivity contribution is -0.384. The van der Waals surface area contributed by atoms with Gasteiger partial charge in [-0.1, -0.05) is 53.0 Å². The van der Waals surface area contributed by atoms with Gasteiger partial charge in [-0.3, -0.25) is 14.9 Å². The number of nitrogens with zero attached hydrogens (tertiary/aromatic N) is 1. The summed E-state index contributed by atoms with van der Waals surface area (Å²) in [7, 11) is 0. The number of nitro benzene ring substituents is 1. The van der Waals surface area contributed by atoms with Crippen LogP contribution in [0.3, 0.4) is 0 Å². The first-order valence-corrected chi connectivity index (χ1v) is 9.03. The average molecular weight is 515 g/mol. The zero-order chi connectivity index (χ0) is 18.6. The van der Waals surface area contributed by atoms with E-state index >= 15 is 0 Å². The fourth-order valence-electron chi connectivity index (χ4n) is 1.95. The number of amides is 1. The van der Waals surface area contributed by atoms with Crippen molar-refractivity contribution in [1.29, 1.82) is 0 Å². The summed E-state index contributed by atoms with van der Waals surface area (Å²) < 4.78 is -1.08. The molecular weight excluding hydrogens is 503 g/mol. The molecule has 0 spiro atoms. The molecule has 0 saturated heterocycles. The Hall–Kier alpha value is -1.29. The number of carbonyl (C=O) groups is 1. The second-order valence-electron chi connectivity index (χ2n) is 4.88. The van der Waals surface area contributed by atoms with Crippen LogP contribution in [-0.2, 0) is 0 Å². The molecule has 2 N–H and O–H groups in total. The number of para-hydroxylation sites is 2. The molecule has 0 aliphatic rings. The fraction of sp³-hybridized carbons (Fsp3) is 0.133. The lowest BCUT2D eigenvalue weighted by atomic mass is 10.2. The van der Waals surface area contributed by atoms with E-state index in [1.807, 2.05) is 6.07 Å². The maximum Gasteiger partial charge on any atom is 0.292 e. The molecule has 2 aromatic rings. The van der Waals surface area contributed by atoms with Crippen molar-refractivity contribution in [3.63, 3.8) is 0 Å². The zero-order valence-corrected chi connectivity index (χ0v) is 16.8. The molecule has 0 fully saturated rings. The number of carbonyl (C=O) groups excluding carboxylic acids is 1. The standard InChI is InChI=1S/C15H11Cl3IN3O3/c16-15(17,18)14(20-11-6-1-2-7-12(11)22(24)25)21-13(23)9-4-3-5-10(19)8-9/h1-8,14,20H,(H,21,23). The van der Waals surface area contributed by atoms with Gasteiger partial charge < -0.3 is 10.6 Å². The maximum absolute atomic E-state index is 12.4. The SMILES string of the molecule is O=C(NC(Nc1ccccc1[N+](=O)[O-])C(Cl)(Cl)Cl)c1cccc(I)c1. The normalized spacial score (nSPS) is 12.3. The van der Waals surface area contributed by atoms with Gasteiger partial charge in [0.2, 0.25) is 3.79 Å². The van der Waals surface area contributed by atoms with Gasteiger partial charge in [0.05, 0.1) is 4.92 Å². The highest BCUT2D eigenvalue weighted by Gasteiger charge is 2.35. The second kappa shape index (κ2) is 8.39. The number of benzene rings is 2. The Morgan fingerprint density at radius 1 is 1.16 bits per heavy atom. The van der Waals surface area contributed by atoms with Crippen molar-refractivity contribution in [3.05, 3.63) is 67.8 Å². The zero-order valence-electron chi connectivity index (χ0n) is 12.4. The number of rotatable bonds is 5. The number of alkyl halides is 3. The third-order valence-electron chi connectivity index (χ3n) is 3.09. The highest BCUT2D eigenvalue weighted by atomic mass is 127. The molecule has 2 aromatic carbocycles. The van der Waals surface area contributed by atoms with Crippen molar-refractivity contribution < 1.29 is 9.72 Å². The number of nitro groups is 1. The molecule has 132 valence electrons. The molecule has 0 saturated carbocycles. The fourth-order valence-corrected chi connectivity index (χ4v) is 2.82. The first-order valence-electron chi connectivity index (χ1n) is 6.81. The maximum atomic E-state index is 12.4. The molecular formula is C15H11Cl3IN3O3. The van der Waals surface area contributed by atoms with E-state index in [0.717, 1.165) is 3.57 Å². The van der Waals surface area contributed by atoms with Crippen LogP contribution >= 0.6 is 57.4 Å². The monoisotopic (exact) mass is 513 g/mol. The van der Waals surface area contributed by atoms with Crippen LogP contribution in [0, 0.1) is 13.7 Å². The Labute approximate surface area is 172 Å². The molecule has 0 aromatic heterocycles. The topological polar surface area (TPSA) is 84.3 Å². The van der Waals surface area contributed by atoms with Crippen molar-refractivity contribution in [3.8, 4) is 0 Å². The molecule has 1 amide bonds. The van der Waals surface area contributed by atoms with E-state index in [9.17, 15) is 14.9 Å². The van der Waals surface area contributed by atoms with Crippen molar-refractivity contribution in [1.82, 2.24) is 5.32 Å². The minimum Gasteiger partial charge on any atom is -0.356 e. The summed E-state index contributed by atoms with van der Waals surface area (Å²) in [5.41, 5.74) is 0.285. The molecule has 1 atom stereocenters. The molecule has 0 radical (unpaired) electrons. The van der Waals surface area contributed by atoms with Crippen LogP contribution < -0.4 is 10.6 Å². The van der Waals surface area contributed by atoms with Crippen LogP contribution in [0.2, 0.25) is 0 Å². The van der Waals surface area contributed by atoms with Gasteiger partial charge in [0, 0.05) is 15.2 Å². The molecule has 0 aliphatic heterocycles. The third-order valence-corrected chi connectivity index (χ3v) is 4.42. The summed E-state index contributed by atoms with van der Waals surface area (Å²) in [5.74, 6) is -0.485. The van der Waals surface area contributed by atoms with Crippen molar-refractivity contribution >= 4 is 74.7 Å². The number of hydrogen-bond acceptors (Lipinski definition) is 4. The Morgan fingerprint density at radius 3 is 2.44 bits per heavy atom. The number of nitrogens with one attached hydrogen (secondary N) is 2. The van der Waals surface area contributed by atoms with Gasteiger partial charge in [-0.05, 0) is 46.9 Å². The molecule has 6 nitrogen and oxygen atoms in total. The Bertz CT molecular complexity index is 799. The Balaban J connectivity index is 2.26. The van der Waals surface area contributed by atoms with Gasteiger partial charge >= 0.3 is 0 Å². The number of hydrogen-bond donors (Lipinski definition) is 2. The molecule has 10 heteroatoms. The summed E-state index contributed by atoms with van der Waals surface area (Å²) in [5, 5.41) is 16.4. The third kappa shape index (κ3) is 5.60. The molecule has 1 unspecified atom stereocenters. The molecule has 0 aliphatic carbocycles. The Morgan fingerprint density at radius 2 is 1.84 bits per heavy atom. The number of anilines is 1. The Kier molecular flexibility index (Phi) is 6.72. The first-order chi connectivity index (χ1) is 11.7. The molecule has 25 heavy (non-hydrogen) atoms. The molecule has 2 rings (SSSR count). The summed E-state index contributed by atoms with van der Waals surface area (Å²) >= 11 is 19.8. The van der Waals surface area contributed by atoms with Gasteiger partial charge in [-0.2, -0.15) is 0 Å². The van der Waals surface area contributed by atoms with Crippen LogP contribution in [0.5, 0.6) is 0 Å². The highest BCUT2D eigenvalue weighted by Crippen LogP contribution is 2.33. The predicted octanol–water partition coefficient (Wildman–Crippen LogP) is 4.74. The summed E-state index contributed by atoms with van der Waals surface area (Å²) in [4.78, 5) is 22.9. The largest absolute Gasteiger partial charge is 0.356 e. The minimum atomic E-state index is -1.94. The van der Waals surface area contributed by atoms with E-state index in [4.69, 9.17) is 34.8 Å². The van der Waals surface area contributed by atoms with E-state index in [1.54, 1.807) is 24.3 Å². The van der Waals surface area contributed by atoms with Gasteiger partial charge in [-0.15, -0.1) is 0 Å². The quantitative estimate of drug-likeness (QED) is 0.199. The van der Waals surface area contributed by atoms with Crippen molar-refractivity contribution in [2.45, 2.75) is 9.96 Å². The van der Waals surface area contributed by atoms with E-state index in [1.165, 1.54) is 18.2 Å². The molecule has 0 bridgehead atoms. The van der Waals surface area contributed by atoms with Crippen LogP contribution in [0.25, 0.3) is 0 Å². The van der Waals surface area contributed by atoms with Gasteiger partial charge in [0.1, 0.15) is 11.9 Å². The van der Waals surface area contributed by atoms with Crippen molar-refractivity contribution in [2.75, 3.05) is 5.32 Å². The average Bonchev–Trinajstić information content (AvgIpc) is 2.53. The van der Waals surface area contributed by atoms with Crippen LogP contribution in [0.15, 0.2) is 48.5 Å². The van der Waals surface area contributed by atoms with Crippen LogP contribution in [0.4, 0.5) is 11.4 Å². The minimum absolute atomic E-state index is 0.117. The first kappa shape index (κ1) is 20.0. The lowest BCUT2D eigenvalue weighted by Crippen LogP contribution is -2.49. The summed E-state index contributed by atoms with van der Waals surface area (Å²) in [6.45, 7) is 0. The van der Waals surface area contributed by atoms with E-state index in [2.05, 4.69) is 33.2 Å². The summed E-state index contributed by atoms with van der Waals surface area (Å²) in [6, 6.07) is 12.7. The number of halogens is 4. The smallest absolute Gasteiger partial charge is 0.292 e.